The van der Waals surface area contributed by atoms with E-state index in [-0.39, 0.29) is 11.3 Å². The first-order valence-corrected chi connectivity index (χ1v) is 6.74. The lowest BCUT2D eigenvalue weighted by atomic mass is 9.83. The Morgan fingerprint density at radius 1 is 1.41 bits per heavy atom. The highest BCUT2D eigenvalue weighted by atomic mass is 16.2. The zero-order valence-corrected chi connectivity index (χ0v) is 11.5. The van der Waals surface area contributed by atoms with Crippen LogP contribution in [0.15, 0.2) is 0 Å². The van der Waals surface area contributed by atoms with E-state index in [9.17, 15) is 4.79 Å². The molecule has 1 unspecified atom stereocenters. The number of unbranched alkanes of at least 4 members (excludes halogenated alkanes) is 1. The van der Waals surface area contributed by atoms with Crippen molar-refractivity contribution in [3.05, 3.63) is 0 Å². The largest absolute Gasteiger partial charge is 0.356 e. The van der Waals surface area contributed by atoms with Crippen molar-refractivity contribution in [1.82, 2.24) is 15.5 Å². The lowest BCUT2D eigenvalue weighted by Gasteiger charge is -2.25. The first-order valence-electron chi connectivity index (χ1n) is 6.74. The van der Waals surface area contributed by atoms with Crippen LogP contribution in [-0.4, -0.2) is 51.1 Å². The van der Waals surface area contributed by atoms with Gasteiger partial charge in [0, 0.05) is 13.1 Å². The Kier molecular flexibility index (Phi) is 5.92. The smallest absolute Gasteiger partial charge is 0.227 e. The number of hydrogen-bond acceptors (Lipinski definition) is 3. The first-order chi connectivity index (χ1) is 8.10. The van der Waals surface area contributed by atoms with Crippen LogP contribution in [0, 0.1) is 5.41 Å². The Morgan fingerprint density at radius 2 is 2.18 bits per heavy atom. The Bertz CT molecular complexity index is 235. The number of amides is 1. The molecule has 0 spiro atoms. The normalized spacial score (nSPS) is 24.2. The summed E-state index contributed by atoms with van der Waals surface area (Å²) >= 11 is 0. The topological polar surface area (TPSA) is 44.4 Å². The molecule has 4 nitrogen and oxygen atoms in total. The summed E-state index contributed by atoms with van der Waals surface area (Å²) in [5.74, 6) is 0.245. The maximum Gasteiger partial charge on any atom is 0.227 e. The minimum absolute atomic E-state index is 0.137. The van der Waals surface area contributed by atoms with E-state index in [0.717, 1.165) is 51.9 Å². The van der Waals surface area contributed by atoms with Crippen molar-refractivity contribution in [2.75, 3.05) is 40.3 Å². The molecule has 0 aliphatic carbocycles. The van der Waals surface area contributed by atoms with E-state index in [0.29, 0.717) is 0 Å². The van der Waals surface area contributed by atoms with E-state index in [1.54, 1.807) is 0 Å². The summed E-state index contributed by atoms with van der Waals surface area (Å²) in [6.45, 7) is 5.83. The highest BCUT2D eigenvalue weighted by Gasteiger charge is 2.38. The van der Waals surface area contributed by atoms with Gasteiger partial charge < -0.3 is 15.5 Å². The van der Waals surface area contributed by atoms with Crippen molar-refractivity contribution < 1.29 is 4.79 Å². The molecule has 0 saturated carbocycles. The van der Waals surface area contributed by atoms with Gasteiger partial charge in [0.2, 0.25) is 5.91 Å². The van der Waals surface area contributed by atoms with Gasteiger partial charge in [0.15, 0.2) is 0 Å². The highest BCUT2D eigenvalue weighted by Crippen LogP contribution is 2.29. The van der Waals surface area contributed by atoms with Gasteiger partial charge >= 0.3 is 0 Å². The number of hydrogen-bond donors (Lipinski definition) is 2. The van der Waals surface area contributed by atoms with Crippen LogP contribution in [0.4, 0.5) is 0 Å². The third-order valence-corrected chi connectivity index (χ3v) is 3.72. The molecule has 1 aliphatic heterocycles. The summed E-state index contributed by atoms with van der Waals surface area (Å²) in [4.78, 5) is 14.3. The lowest BCUT2D eigenvalue weighted by Crippen LogP contribution is -2.42. The van der Waals surface area contributed by atoms with Crippen molar-refractivity contribution in [3.63, 3.8) is 0 Å². The van der Waals surface area contributed by atoms with Gasteiger partial charge in [0.05, 0.1) is 5.41 Å². The second-order valence-corrected chi connectivity index (χ2v) is 5.33. The van der Waals surface area contributed by atoms with Gasteiger partial charge in [-0.2, -0.15) is 0 Å². The third kappa shape index (κ3) is 4.28. The molecule has 0 aromatic rings. The van der Waals surface area contributed by atoms with Crippen LogP contribution in [0.25, 0.3) is 0 Å². The Morgan fingerprint density at radius 3 is 2.71 bits per heavy atom. The molecule has 2 N–H and O–H groups in total. The van der Waals surface area contributed by atoms with Crippen molar-refractivity contribution in [1.29, 1.82) is 0 Å². The van der Waals surface area contributed by atoms with Crippen molar-refractivity contribution in [2.45, 2.75) is 32.6 Å². The van der Waals surface area contributed by atoms with E-state index in [4.69, 9.17) is 0 Å². The minimum atomic E-state index is -0.137. The highest BCUT2D eigenvalue weighted by molar-refractivity contribution is 5.83. The Balaban J connectivity index is 2.20. The molecule has 0 aromatic heterocycles. The molecule has 0 radical (unpaired) electrons. The molecule has 17 heavy (non-hydrogen) atoms. The fourth-order valence-electron chi connectivity index (χ4n) is 2.34. The minimum Gasteiger partial charge on any atom is -0.356 e. The molecule has 1 atom stereocenters. The molecule has 1 aliphatic rings. The van der Waals surface area contributed by atoms with Crippen LogP contribution in [-0.2, 0) is 4.79 Å². The van der Waals surface area contributed by atoms with Gasteiger partial charge in [-0.3, -0.25) is 4.79 Å². The third-order valence-electron chi connectivity index (χ3n) is 3.72. The number of nitrogens with one attached hydrogen (secondary N) is 2. The summed E-state index contributed by atoms with van der Waals surface area (Å²) in [6.07, 6.45) is 4.12. The zero-order chi connectivity index (χ0) is 12.7. The molecule has 0 aromatic carbocycles. The summed E-state index contributed by atoms with van der Waals surface area (Å²) in [5, 5.41) is 6.39. The van der Waals surface area contributed by atoms with Gasteiger partial charge in [-0.1, -0.05) is 6.92 Å². The van der Waals surface area contributed by atoms with Crippen molar-refractivity contribution in [2.24, 2.45) is 5.41 Å². The number of nitrogens with zero attached hydrogens (tertiary/aromatic N) is 1. The number of carbonyl (C=O) groups excluding carboxylic acids is 1. The van der Waals surface area contributed by atoms with Crippen LogP contribution in [0.2, 0.25) is 0 Å². The molecule has 1 rings (SSSR count). The standard InChI is InChI=1S/C13H27N3O/c1-4-13(7-9-14-11-13)12(17)15-8-5-6-10-16(2)3/h14H,4-11H2,1-3H3,(H,15,17). The van der Waals surface area contributed by atoms with E-state index >= 15 is 0 Å². The van der Waals surface area contributed by atoms with E-state index in [2.05, 4.69) is 36.6 Å². The average molecular weight is 241 g/mol. The molecule has 1 amide bonds. The predicted octanol–water partition coefficient (Wildman–Crippen LogP) is 0.834. The molecule has 0 bridgehead atoms. The number of carbonyl (C=O) groups is 1. The first kappa shape index (κ1) is 14.5. The van der Waals surface area contributed by atoms with Crippen LogP contribution in [0.1, 0.15) is 32.6 Å². The van der Waals surface area contributed by atoms with Gasteiger partial charge in [0.1, 0.15) is 0 Å². The maximum atomic E-state index is 12.1. The Labute approximate surface area is 105 Å². The summed E-state index contributed by atoms with van der Waals surface area (Å²) in [6, 6.07) is 0. The lowest BCUT2D eigenvalue weighted by molar-refractivity contribution is -0.130. The van der Waals surface area contributed by atoms with Gasteiger partial charge in [-0.05, 0) is 52.9 Å². The quantitative estimate of drug-likeness (QED) is 0.649. The SMILES string of the molecule is CCC1(C(=O)NCCCCN(C)C)CCNC1. The van der Waals surface area contributed by atoms with Crippen LogP contribution >= 0.6 is 0 Å². The van der Waals surface area contributed by atoms with Gasteiger partial charge in [0.25, 0.3) is 0 Å². The molecule has 4 heteroatoms. The fraction of sp³-hybridized carbons (Fsp3) is 0.923. The summed E-state index contributed by atoms with van der Waals surface area (Å²) in [5.41, 5.74) is -0.137. The van der Waals surface area contributed by atoms with Crippen LogP contribution in [0.5, 0.6) is 0 Å². The summed E-state index contributed by atoms with van der Waals surface area (Å²) in [7, 11) is 4.16. The average Bonchev–Trinajstić information content (AvgIpc) is 2.77. The molecular weight excluding hydrogens is 214 g/mol. The zero-order valence-electron chi connectivity index (χ0n) is 11.5. The van der Waals surface area contributed by atoms with E-state index < -0.39 is 0 Å². The molecular formula is C13H27N3O. The Hall–Kier alpha value is -0.610. The fourth-order valence-corrected chi connectivity index (χ4v) is 2.34. The monoisotopic (exact) mass is 241 g/mol. The van der Waals surface area contributed by atoms with Crippen LogP contribution < -0.4 is 10.6 Å². The van der Waals surface area contributed by atoms with Crippen molar-refractivity contribution in [3.8, 4) is 0 Å². The molecule has 1 heterocycles. The van der Waals surface area contributed by atoms with Crippen molar-refractivity contribution >= 4 is 5.91 Å². The van der Waals surface area contributed by atoms with E-state index in [1.165, 1.54) is 0 Å². The molecule has 100 valence electrons. The molecule has 1 saturated heterocycles. The summed E-state index contributed by atoms with van der Waals surface area (Å²) < 4.78 is 0. The molecule has 1 fully saturated rings. The number of rotatable bonds is 7. The second-order valence-electron chi connectivity index (χ2n) is 5.33. The van der Waals surface area contributed by atoms with E-state index in [1.807, 2.05) is 0 Å². The van der Waals surface area contributed by atoms with Gasteiger partial charge in [-0.15, -0.1) is 0 Å². The second kappa shape index (κ2) is 6.97. The predicted molar refractivity (Wildman–Crippen MR) is 71.0 cm³/mol. The van der Waals surface area contributed by atoms with Gasteiger partial charge in [-0.25, -0.2) is 0 Å². The maximum absolute atomic E-state index is 12.1. The van der Waals surface area contributed by atoms with Crippen LogP contribution in [0.3, 0.4) is 0 Å².